The van der Waals surface area contributed by atoms with Gasteiger partial charge in [0.1, 0.15) is 24.3 Å². The molecule has 12 heavy (non-hydrogen) atoms. The summed E-state index contributed by atoms with van der Waals surface area (Å²) in [7, 11) is 0. The molecule has 0 spiro atoms. The van der Waals surface area contributed by atoms with Crippen molar-refractivity contribution in [3.8, 4) is 0 Å². The van der Waals surface area contributed by atoms with Crippen LogP contribution in [0.5, 0.6) is 0 Å². The normalized spacial score (nSPS) is 15.2. The molecule has 0 aliphatic heterocycles. The number of alkyl halides is 2. The van der Waals surface area contributed by atoms with Gasteiger partial charge < -0.3 is 9.47 Å². The Kier molecular flexibility index (Phi) is 7.61. The Morgan fingerprint density at radius 1 is 1.00 bits per heavy atom. The summed E-state index contributed by atoms with van der Waals surface area (Å²) in [4.78, 5) is 0. The summed E-state index contributed by atoms with van der Waals surface area (Å²) in [5.74, 6) is 0. The molecule has 0 aromatic heterocycles. The third-order valence-electron chi connectivity index (χ3n) is 1.30. The van der Waals surface area contributed by atoms with Crippen LogP contribution < -0.4 is 0 Å². The van der Waals surface area contributed by atoms with E-state index in [1.54, 1.807) is 12.2 Å². The van der Waals surface area contributed by atoms with Gasteiger partial charge in [-0.15, -0.1) is 13.2 Å². The van der Waals surface area contributed by atoms with Gasteiger partial charge in [-0.2, -0.15) is 0 Å². The topological polar surface area (TPSA) is 18.5 Å². The predicted molar refractivity (Wildman–Crippen MR) is 51.6 cm³/mol. The highest BCUT2D eigenvalue weighted by molar-refractivity contribution is 6.17. The van der Waals surface area contributed by atoms with Gasteiger partial charge in [0, 0.05) is 0 Å². The summed E-state index contributed by atoms with van der Waals surface area (Å²) in [6.07, 6.45) is 2.61. The number of hydrogen-bond donors (Lipinski definition) is 0. The molecule has 0 bridgehead atoms. The van der Waals surface area contributed by atoms with Crippen molar-refractivity contribution < 1.29 is 9.47 Å². The average molecular weight is 211 g/mol. The van der Waals surface area contributed by atoms with Gasteiger partial charge in [0.2, 0.25) is 0 Å². The Balaban J connectivity index is 4.01. The van der Waals surface area contributed by atoms with Gasteiger partial charge in [-0.1, -0.05) is 35.4 Å². The Labute approximate surface area is 82.7 Å². The molecule has 0 radical (unpaired) electrons. The Morgan fingerprint density at radius 3 is 1.50 bits per heavy atom. The maximum absolute atomic E-state index is 5.38. The van der Waals surface area contributed by atoms with Gasteiger partial charge in [-0.25, -0.2) is 0 Å². The third kappa shape index (κ3) is 4.12. The van der Waals surface area contributed by atoms with Crippen LogP contribution in [0.4, 0.5) is 0 Å². The first-order valence-corrected chi connectivity index (χ1v) is 4.47. The van der Waals surface area contributed by atoms with Crippen LogP contribution in [0.2, 0.25) is 0 Å². The Bertz CT molecular complexity index is 123. The second kappa shape index (κ2) is 7.62. The van der Waals surface area contributed by atoms with Gasteiger partial charge in [-0.05, 0) is 0 Å². The first-order chi connectivity index (χ1) is 5.79. The summed E-state index contributed by atoms with van der Waals surface area (Å²) in [5, 5.41) is 0. The lowest BCUT2D eigenvalue weighted by atomic mass is 10.2. The highest BCUT2D eigenvalue weighted by Crippen LogP contribution is 2.08. The van der Waals surface area contributed by atoms with Crippen molar-refractivity contribution >= 4 is 23.2 Å². The average Bonchev–Trinajstić information content (AvgIpc) is 2.11. The summed E-state index contributed by atoms with van der Waals surface area (Å²) in [6.45, 7) is 7.15. The molecule has 0 amide bonds. The first-order valence-electron chi connectivity index (χ1n) is 3.40. The van der Waals surface area contributed by atoms with E-state index in [9.17, 15) is 0 Å². The molecule has 0 N–H and O–H groups in total. The number of hydrogen-bond acceptors (Lipinski definition) is 2. The van der Waals surface area contributed by atoms with Gasteiger partial charge in [0.15, 0.2) is 0 Å². The molecule has 0 rings (SSSR count). The lowest BCUT2D eigenvalue weighted by molar-refractivity contribution is 0.00110. The fourth-order valence-corrected chi connectivity index (χ4v) is 1.03. The van der Waals surface area contributed by atoms with Crippen LogP contribution in [-0.4, -0.2) is 24.3 Å². The van der Waals surface area contributed by atoms with Crippen molar-refractivity contribution in [3.63, 3.8) is 0 Å². The maximum Gasteiger partial charge on any atom is 0.121 e. The van der Waals surface area contributed by atoms with Crippen LogP contribution in [-0.2, 0) is 9.47 Å². The van der Waals surface area contributed by atoms with Gasteiger partial charge >= 0.3 is 0 Å². The van der Waals surface area contributed by atoms with Gasteiger partial charge in [0.05, 0.1) is 0 Å². The SMILES string of the molecule is C=C[C@@H](OCCl)[C@@H](C=C)OCCl. The monoisotopic (exact) mass is 210 g/mol. The first kappa shape index (κ1) is 12.0. The summed E-state index contributed by atoms with van der Waals surface area (Å²) in [6, 6.07) is 0.180. The molecule has 2 atom stereocenters. The molecule has 0 aromatic carbocycles. The van der Waals surface area contributed by atoms with Crippen molar-refractivity contribution in [1.82, 2.24) is 0 Å². The van der Waals surface area contributed by atoms with Crippen molar-refractivity contribution in [2.24, 2.45) is 0 Å². The largest absolute Gasteiger partial charge is 0.355 e. The van der Waals surface area contributed by atoms with E-state index in [1.807, 2.05) is 0 Å². The summed E-state index contributed by atoms with van der Waals surface area (Å²) >= 11 is 10.8. The van der Waals surface area contributed by atoms with Crippen molar-refractivity contribution in [2.75, 3.05) is 12.1 Å². The van der Waals surface area contributed by atoms with E-state index in [2.05, 4.69) is 13.2 Å². The quantitative estimate of drug-likeness (QED) is 0.475. The van der Waals surface area contributed by atoms with Gasteiger partial charge in [-0.3, -0.25) is 0 Å². The molecule has 2 nitrogen and oxygen atoms in total. The fraction of sp³-hybridized carbons (Fsp3) is 0.500. The van der Waals surface area contributed by atoms with Crippen molar-refractivity contribution in [2.45, 2.75) is 12.2 Å². The number of halogens is 2. The van der Waals surface area contributed by atoms with Crippen LogP contribution in [0.1, 0.15) is 0 Å². The number of rotatable bonds is 7. The smallest absolute Gasteiger partial charge is 0.121 e. The zero-order valence-corrected chi connectivity index (χ0v) is 8.22. The highest BCUT2D eigenvalue weighted by atomic mass is 35.5. The maximum atomic E-state index is 5.38. The van der Waals surface area contributed by atoms with E-state index >= 15 is 0 Å². The minimum Gasteiger partial charge on any atom is -0.355 e. The molecule has 0 heterocycles. The molecule has 0 unspecified atom stereocenters. The van der Waals surface area contributed by atoms with E-state index in [-0.39, 0.29) is 24.3 Å². The number of ether oxygens (including phenoxy) is 2. The Morgan fingerprint density at radius 2 is 1.33 bits per heavy atom. The second-order valence-corrected chi connectivity index (χ2v) is 2.39. The standard InChI is InChI=1S/C8H12Cl2O2/c1-3-7(11-5-9)8(4-2)12-6-10/h3-4,7-8H,1-2,5-6H2/t7-,8-/m1/s1. The van der Waals surface area contributed by atoms with Crippen LogP contribution in [0, 0.1) is 0 Å². The van der Waals surface area contributed by atoms with Crippen molar-refractivity contribution in [3.05, 3.63) is 25.3 Å². The molecule has 0 aliphatic rings. The van der Waals surface area contributed by atoms with E-state index < -0.39 is 0 Å². The lowest BCUT2D eigenvalue weighted by Crippen LogP contribution is -2.27. The zero-order valence-electron chi connectivity index (χ0n) is 6.71. The molecular weight excluding hydrogens is 199 g/mol. The molecule has 0 aliphatic carbocycles. The van der Waals surface area contributed by atoms with Crippen LogP contribution in [0.15, 0.2) is 25.3 Å². The zero-order chi connectivity index (χ0) is 9.40. The third-order valence-corrected chi connectivity index (χ3v) is 1.55. The van der Waals surface area contributed by atoms with Crippen LogP contribution in [0.3, 0.4) is 0 Å². The summed E-state index contributed by atoms with van der Waals surface area (Å²) in [5.41, 5.74) is 0. The van der Waals surface area contributed by atoms with E-state index in [4.69, 9.17) is 32.7 Å². The Hall–Kier alpha value is -0.0200. The van der Waals surface area contributed by atoms with E-state index in [0.29, 0.717) is 0 Å². The van der Waals surface area contributed by atoms with Crippen LogP contribution in [0.25, 0.3) is 0 Å². The lowest BCUT2D eigenvalue weighted by Gasteiger charge is -2.19. The molecule has 70 valence electrons. The molecule has 0 saturated heterocycles. The summed E-state index contributed by atoms with van der Waals surface area (Å²) < 4.78 is 10.2. The fourth-order valence-electron chi connectivity index (χ4n) is 0.739. The minimum atomic E-state index is -0.293. The molecule has 0 aromatic rings. The van der Waals surface area contributed by atoms with Gasteiger partial charge in [0.25, 0.3) is 0 Å². The molecule has 0 fully saturated rings. The predicted octanol–water partition coefficient (Wildman–Crippen LogP) is 2.52. The minimum absolute atomic E-state index is 0.0900. The molecular formula is C8H12Cl2O2. The molecule has 0 saturated carbocycles. The highest BCUT2D eigenvalue weighted by Gasteiger charge is 2.15. The van der Waals surface area contributed by atoms with Crippen molar-refractivity contribution in [1.29, 1.82) is 0 Å². The van der Waals surface area contributed by atoms with E-state index in [0.717, 1.165) is 0 Å². The van der Waals surface area contributed by atoms with Crippen LogP contribution >= 0.6 is 23.2 Å². The molecule has 4 heteroatoms. The second-order valence-electron chi connectivity index (χ2n) is 1.95. The van der Waals surface area contributed by atoms with E-state index in [1.165, 1.54) is 0 Å².